The van der Waals surface area contributed by atoms with Crippen LogP contribution < -0.4 is 14.4 Å². The van der Waals surface area contributed by atoms with Crippen LogP contribution in [0.3, 0.4) is 0 Å². The first-order chi connectivity index (χ1) is 12.0. The van der Waals surface area contributed by atoms with Crippen LogP contribution in [0.15, 0.2) is 12.1 Å². The molecular formula is C18H20N4O3. The Hall–Kier alpha value is -2.85. The summed E-state index contributed by atoms with van der Waals surface area (Å²) >= 11 is 0. The SMILES string of the molecule is COc1ccc(OC)c2c1CN(c1nnc(C)c(C)c1C#N)CC2O. The Morgan fingerprint density at radius 1 is 1.20 bits per heavy atom. The summed E-state index contributed by atoms with van der Waals surface area (Å²) in [5.74, 6) is 1.75. The van der Waals surface area contributed by atoms with E-state index in [0.717, 1.165) is 16.8 Å². The fourth-order valence-corrected chi connectivity index (χ4v) is 3.19. The van der Waals surface area contributed by atoms with Gasteiger partial charge in [0, 0.05) is 17.7 Å². The Balaban J connectivity index is 2.11. The number of β-amino-alcohol motifs (C(OH)–C–C–N with tert-alkyl or cyclic N) is 1. The number of nitriles is 1. The van der Waals surface area contributed by atoms with Crippen LogP contribution in [-0.2, 0) is 6.54 Å². The van der Waals surface area contributed by atoms with Gasteiger partial charge in [0.1, 0.15) is 29.2 Å². The molecule has 0 saturated heterocycles. The van der Waals surface area contributed by atoms with E-state index >= 15 is 0 Å². The lowest BCUT2D eigenvalue weighted by atomic mass is 9.94. The number of aliphatic hydroxyl groups excluding tert-OH is 1. The van der Waals surface area contributed by atoms with Gasteiger partial charge in [-0.2, -0.15) is 10.4 Å². The highest BCUT2D eigenvalue weighted by Gasteiger charge is 2.32. The molecule has 1 aliphatic heterocycles. The molecule has 0 amide bonds. The molecule has 0 saturated carbocycles. The van der Waals surface area contributed by atoms with Crippen molar-refractivity contribution in [3.05, 3.63) is 40.1 Å². The molecule has 0 spiro atoms. The van der Waals surface area contributed by atoms with E-state index in [4.69, 9.17) is 9.47 Å². The van der Waals surface area contributed by atoms with Gasteiger partial charge < -0.3 is 19.5 Å². The second-order valence-electron chi connectivity index (χ2n) is 5.98. The highest BCUT2D eigenvalue weighted by Crippen LogP contribution is 2.40. The predicted octanol–water partition coefficient (Wildman–Crippen LogP) is 2.04. The highest BCUT2D eigenvalue weighted by atomic mass is 16.5. The van der Waals surface area contributed by atoms with Crippen molar-refractivity contribution in [2.75, 3.05) is 25.7 Å². The zero-order valence-corrected chi connectivity index (χ0v) is 14.7. The van der Waals surface area contributed by atoms with Crippen molar-refractivity contribution < 1.29 is 14.6 Å². The zero-order valence-electron chi connectivity index (χ0n) is 14.7. The summed E-state index contributed by atoms with van der Waals surface area (Å²) < 4.78 is 10.8. The quantitative estimate of drug-likeness (QED) is 0.914. The zero-order chi connectivity index (χ0) is 18.1. The standard InChI is InChI=1S/C18H20N4O3/c1-10-11(2)20-21-18(12(10)7-19)22-8-13-15(24-3)5-6-16(25-4)17(13)14(23)9-22/h5-6,14,23H,8-9H2,1-4H3. The summed E-state index contributed by atoms with van der Waals surface area (Å²) in [5, 5.41) is 28.6. The van der Waals surface area contributed by atoms with Crippen LogP contribution in [0.25, 0.3) is 0 Å². The van der Waals surface area contributed by atoms with Crippen molar-refractivity contribution >= 4 is 5.82 Å². The van der Waals surface area contributed by atoms with Gasteiger partial charge in [-0.3, -0.25) is 0 Å². The second kappa shape index (κ2) is 6.57. The number of ether oxygens (including phenoxy) is 2. The number of benzene rings is 1. The van der Waals surface area contributed by atoms with Gasteiger partial charge in [0.25, 0.3) is 0 Å². The van der Waals surface area contributed by atoms with E-state index in [1.807, 2.05) is 24.8 Å². The maximum Gasteiger partial charge on any atom is 0.169 e. The van der Waals surface area contributed by atoms with Gasteiger partial charge in [0.15, 0.2) is 5.82 Å². The number of nitrogens with zero attached hydrogens (tertiary/aromatic N) is 4. The average Bonchev–Trinajstić information content (AvgIpc) is 2.62. The second-order valence-corrected chi connectivity index (χ2v) is 5.98. The van der Waals surface area contributed by atoms with Gasteiger partial charge in [-0.05, 0) is 31.5 Å². The number of aromatic nitrogens is 2. The molecule has 1 aromatic heterocycles. The Bertz CT molecular complexity index is 860. The van der Waals surface area contributed by atoms with Crippen LogP contribution in [0.1, 0.15) is 34.1 Å². The third-order valence-electron chi connectivity index (χ3n) is 4.64. The number of rotatable bonds is 3. The van der Waals surface area contributed by atoms with Crippen LogP contribution in [-0.4, -0.2) is 36.1 Å². The van der Waals surface area contributed by atoms with E-state index in [-0.39, 0.29) is 0 Å². The van der Waals surface area contributed by atoms with Crippen LogP contribution in [0.2, 0.25) is 0 Å². The van der Waals surface area contributed by atoms with Crippen LogP contribution >= 0.6 is 0 Å². The van der Waals surface area contributed by atoms with Crippen molar-refractivity contribution in [1.29, 1.82) is 5.26 Å². The normalized spacial score (nSPS) is 16.2. The molecule has 0 fully saturated rings. The number of aryl methyl sites for hydroxylation is 1. The first-order valence-electron chi connectivity index (χ1n) is 7.92. The summed E-state index contributed by atoms with van der Waals surface area (Å²) in [6.07, 6.45) is -0.788. The summed E-state index contributed by atoms with van der Waals surface area (Å²) in [7, 11) is 3.16. The number of fused-ring (bicyclic) bond motifs is 1. The Labute approximate surface area is 146 Å². The molecule has 1 unspecified atom stereocenters. The molecule has 1 aromatic carbocycles. The monoisotopic (exact) mass is 340 g/mol. The Morgan fingerprint density at radius 3 is 2.52 bits per heavy atom. The summed E-state index contributed by atoms with van der Waals surface area (Å²) in [4.78, 5) is 1.85. The van der Waals surface area contributed by atoms with E-state index < -0.39 is 6.10 Å². The maximum absolute atomic E-state index is 10.7. The topological polar surface area (TPSA) is 91.5 Å². The number of anilines is 1. The lowest BCUT2D eigenvalue weighted by molar-refractivity contribution is 0.169. The van der Waals surface area contributed by atoms with E-state index in [2.05, 4.69) is 16.3 Å². The maximum atomic E-state index is 10.7. The van der Waals surface area contributed by atoms with Crippen molar-refractivity contribution in [3.63, 3.8) is 0 Å². The van der Waals surface area contributed by atoms with E-state index in [1.165, 1.54) is 0 Å². The largest absolute Gasteiger partial charge is 0.496 e. The van der Waals surface area contributed by atoms with Gasteiger partial charge in [0.05, 0.1) is 26.5 Å². The summed E-state index contributed by atoms with van der Waals surface area (Å²) in [6, 6.07) is 5.81. The molecule has 0 aliphatic carbocycles. The summed E-state index contributed by atoms with van der Waals surface area (Å²) in [5.41, 5.74) is 3.53. The molecule has 130 valence electrons. The molecule has 2 aromatic rings. The van der Waals surface area contributed by atoms with Gasteiger partial charge >= 0.3 is 0 Å². The van der Waals surface area contributed by atoms with E-state index in [0.29, 0.717) is 41.5 Å². The van der Waals surface area contributed by atoms with Gasteiger partial charge in [-0.25, -0.2) is 0 Å². The fourth-order valence-electron chi connectivity index (χ4n) is 3.19. The van der Waals surface area contributed by atoms with Crippen molar-refractivity contribution in [1.82, 2.24) is 10.2 Å². The predicted molar refractivity (Wildman–Crippen MR) is 91.8 cm³/mol. The van der Waals surface area contributed by atoms with Gasteiger partial charge in [0.2, 0.25) is 0 Å². The van der Waals surface area contributed by atoms with Crippen LogP contribution in [0.5, 0.6) is 11.5 Å². The van der Waals surface area contributed by atoms with Crippen molar-refractivity contribution in [2.45, 2.75) is 26.5 Å². The molecule has 0 radical (unpaired) electrons. The third-order valence-corrected chi connectivity index (χ3v) is 4.64. The Kier molecular flexibility index (Phi) is 4.47. The minimum Gasteiger partial charge on any atom is -0.496 e. The molecule has 25 heavy (non-hydrogen) atoms. The Morgan fingerprint density at radius 2 is 1.88 bits per heavy atom. The number of aliphatic hydroxyl groups is 1. The molecule has 7 heteroatoms. The molecular weight excluding hydrogens is 320 g/mol. The van der Waals surface area contributed by atoms with Crippen molar-refractivity contribution in [3.8, 4) is 17.6 Å². The van der Waals surface area contributed by atoms with E-state index in [9.17, 15) is 10.4 Å². The number of hydrogen-bond acceptors (Lipinski definition) is 7. The fraction of sp³-hybridized carbons (Fsp3) is 0.389. The molecule has 7 nitrogen and oxygen atoms in total. The third kappa shape index (κ3) is 2.75. The molecule has 2 heterocycles. The number of methoxy groups -OCH3 is 2. The molecule has 0 bridgehead atoms. The van der Waals surface area contributed by atoms with Crippen molar-refractivity contribution in [2.24, 2.45) is 0 Å². The lowest BCUT2D eigenvalue weighted by Crippen LogP contribution is -2.35. The van der Waals surface area contributed by atoms with Crippen LogP contribution in [0.4, 0.5) is 5.82 Å². The minimum atomic E-state index is -0.788. The van der Waals surface area contributed by atoms with Crippen LogP contribution in [0, 0.1) is 25.2 Å². The first kappa shape index (κ1) is 17.0. The molecule has 1 aliphatic rings. The van der Waals surface area contributed by atoms with E-state index in [1.54, 1.807) is 20.3 Å². The first-order valence-corrected chi connectivity index (χ1v) is 7.92. The lowest BCUT2D eigenvalue weighted by Gasteiger charge is -2.35. The molecule has 3 rings (SSSR count). The number of hydrogen-bond donors (Lipinski definition) is 1. The molecule has 1 atom stereocenters. The highest BCUT2D eigenvalue weighted by molar-refractivity contribution is 5.61. The minimum absolute atomic E-state index is 0.294. The smallest absolute Gasteiger partial charge is 0.169 e. The molecule has 1 N–H and O–H groups in total. The van der Waals surface area contributed by atoms with Gasteiger partial charge in [-0.1, -0.05) is 0 Å². The summed E-state index contributed by atoms with van der Waals surface area (Å²) in [6.45, 7) is 4.41. The van der Waals surface area contributed by atoms with Gasteiger partial charge in [-0.15, -0.1) is 5.10 Å². The average molecular weight is 340 g/mol.